The Kier molecular flexibility index (Phi) is 15.5. The number of methoxy groups -OCH3 is 2. The zero-order valence-electron chi connectivity index (χ0n) is 37.1. The van der Waals surface area contributed by atoms with Crippen molar-refractivity contribution in [2.24, 2.45) is 0 Å². The Morgan fingerprint density at radius 3 is 1.45 bits per heavy atom. The summed E-state index contributed by atoms with van der Waals surface area (Å²) in [5.41, 5.74) is 10.2. The van der Waals surface area contributed by atoms with Crippen LogP contribution < -0.4 is 18.9 Å². The lowest BCUT2D eigenvalue weighted by Gasteiger charge is -2.17. The van der Waals surface area contributed by atoms with E-state index in [1.807, 2.05) is 140 Å². The maximum absolute atomic E-state index is 12.3. The Labute approximate surface area is 401 Å². The topological polar surface area (TPSA) is 110 Å². The SMILES string of the molecule is CCOC(=O)c1cccc(-n2c(C)ccc2-c2cc(Br)ccc2OCc2cccc(OC)c2)c1.COc1cccc(COc2ccc(Br)cc2-c2ccc(C)n2-c2cccc(C(=O)O)c2)c1. The van der Waals surface area contributed by atoms with Crippen LogP contribution in [0.15, 0.2) is 167 Å². The van der Waals surface area contributed by atoms with Crippen LogP contribution >= 0.6 is 31.9 Å². The fourth-order valence-electron chi connectivity index (χ4n) is 7.45. The molecule has 2 heterocycles. The van der Waals surface area contributed by atoms with Gasteiger partial charge in [0.15, 0.2) is 0 Å². The predicted molar refractivity (Wildman–Crippen MR) is 265 cm³/mol. The number of carboxylic acid groups (broad SMARTS) is 1. The number of aromatic nitrogens is 2. The van der Waals surface area contributed by atoms with E-state index in [9.17, 15) is 14.7 Å². The summed E-state index contributed by atoms with van der Waals surface area (Å²) in [7, 11) is 3.29. The fraction of sp³-hybridized carbons (Fsp3) is 0.148. The number of halogens is 2. The van der Waals surface area contributed by atoms with Gasteiger partial charge in [-0.15, -0.1) is 0 Å². The quantitative estimate of drug-likeness (QED) is 0.101. The van der Waals surface area contributed by atoms with E-state index in [2.05, 4.69) is 48.6 Å². The minimum atomic E-state index is -0.956. The Bertz CT molecular complexity index is 2990. The van der Waals surface area contributed by atoms with Crippen molar-refractivity contribution in [2.45, 2.75) is 34.0 Å². The highest BCUT2D eigenvalue weighted by Crippen LogP contribution is 2.38. The van der Waals surface area contributed by atoms with E-state index in [4.69, 9.17) is 23.7 Å². The second-order valence-corrected chi connectivity index (χ2v) is 16.9. The first-order valence-corrected chi connectivity index (χ1v) is 22.6. The number of carbonyl (C=O) groups excluding carboxylic acids is 1. The van der Waals surface area contributed by atoms with Gasteiger partial charge in [-0.3, -0.25) is 0 Å². The molecule has 6 aromatic carbocycles. The molecule has 0 aliphatic carbocycles. The van der Waals surface area contributed by atoms with Crippen LogP contribution in [-0.4, -0.2) is 47.0 Å². The molecule has 0 saturated carbocycles. The molecule has 0 aliphatic heterocycles. The minimum Gasteiger partial charge on any atom is -0.497 e. The van der Waals surface area contributed by atoms with Gasteiger partial charge in [-0.25, -0.2) is 9.59 Å². The van der Waals surface area contributed by atoms with Crippen molar-refractivity contribution < 1.29 is 38.4 Å². The number of aromatic carboxylic acids is 1. The van der Waals surface area contributed by atoms with E-state index in [1.54, 1.807) is 45.4 Å². The first-order chi connectivity index (χ1) is 32.0. The van der Waals surface area contributed by atoms with Gasteiger partial charge in [0.05, 0.1) is 43.3 Å². The highest BCUT2D eigenvalue weighted by atomic mass is 79.9. The lowest BCUT2D eigenvalue weighted by molar-refractivity contribution is 0.0525. The van der Waals surface area contributed by atoms with E-state index >= 15 is 0 Å². The normalized spacial score (nSPS) is 10.7. The second kappa shape index (κ2) is 21.8. The molecule has 0 radical (unpaired) electrons. The van der Waals surface area contributed by atoms with Crippen LogP contribution in [0.1, 0.15) is 50.2 Å². The average molecular weight is 1010 g/mol. The van der Waals surface area contributed by atoms with Crippen molar-refractivity contribution in [3.63, 3.8) is 0 Å². The molecule has 0 spiro atoms. The first kappa shape index (κ1) is 47.0. The molecular formula is C54H48Br2N2O8. The maximum Gasteiger partial charge on any atom is 0.338 e. The van der Waals surface area contributed by atoms with Gasteiger partial charge in [-0.05, 0) is 153 Å². The number of aryl methyl sites for hydroxylation is 2. The third-order valence-corrected chi connectivity index (χ3v) is 11.6. The Balaban J connectivity index is 0.000000197. The van der Waals surface area contributed by atoms with Crippen molar-refractivity contribution in [3.05, 3.63) is 200 Å². The Hall–Kier alpha value is -7.02. The fourth-order valence-corrected chi connectivity index (χ4v) is 8.17. The molecule has 2 aromatic heterocycles. The van der Waals surface area contributed by atoms with Crippen molar-refractivity contribution in [2.75, 3.05) is 20.8 Å². The van der Waals surface area contributed by atoms with E-state index in [-0.39, 0.29) is 11.5 Å². The van der Waals surface area contributed by atoms with Crippen LogP contribution in [0, 0.1) is 13.8 Å². The van der Waals surface area contributed by atoms with Gasteiger partial charge in [-0.2, -0.15) is 0 Å². The van der Waals surface area contributed by atoms with Crippen LogP contribution in [0.5, 0.6) is 23.0 Å². The largest absolute Gasteiger partial charge is 0.497 e. The van der Waals surface area contributed by atoms with Gasteiger partial charge in [0.2, 0.25) is 0 Å². The number of carbonyl (C=O) groups is 2. The third-order valence-electron chi connectivity index (χ3n) is 10.6. The summed E-state index contributed by atoms with van der Waals surface area (Å²) in [5, 5.41) is 9.41. The molecule has 10 nitrogen and oxygen atoms in total. The summed E-state index contributed by atoms with van der Waals surface area (Å²) in [5.74, 6) is 1.77. The van der Waals surface area contributed by atoms with Gasteiger partial charge < -0.3 is 37.9 Å². The van der Waals surface area contributed by atoms with Crippen molar-refractivity contribution >= 4 is 43.8 Å². The van der Waals surface area contributed by atoms with Crippen molar-refractivity contribution in [1.82, 2.24) is 9.13 Å². The number of esters is 1. The number of ether oxygens (including phenoxy) is 5. The summed E-state index contributed by atoms with van der Waals surface area (Å²) in [6.45, 7) is 6.96. The molecule has 66 heavy (non-hydrogen) atoms. The predicted octanol–water partition coefficient (Wildman–Crippen LogP) is 13.5. The molecule has 0 bridgehead atoms. The Morgan fingerprint density at radius 2 is 1.00 bits per heavy atom. The summed E-state index contributed by atoms with van der Waals surface area (Å²) < 4.78 is 34.3. The number of hydrogen-bond donors (Lipinski definition) is 1. The summed E-state index contributed by atoms with van der Waals surface area (Å²) in [4.78, 5) is 23.8. The van der Waals surface area contributed by atoms with E-state index in [0.29, 0.717) is 25.4 Å². The molecule has 0 aliphatic rings. The smallest absolute Gasteiger partial charge is 0.338 e. The summed E-state index contributed by atoms with van der Waals surface area (Å²) in [6, 6.07) is 50.0. The Morgan fingerprint density at radius 1 is 0.545 bits per heavy atom. The highest BCUT2D eigenvalue weighted by Gasteiger charge is 2.18. The van der Waals surface area contributed by atoms with Crippen LogP contribution in [0.3, 0.4) is 0 Å². The third kappa shape index (κ3) is 11.3. The lowest BCUT2D eigenvalue weighted by atomic mass is 10.1. The molecular weight excluding hydrogens is 964 g/mol. The van der Waals surface area contributed by atoms with Gasteiger partial charge in [0.1, 0.15) is 36.2 Å². The van der Waals surface area contributed by atoms with Crippen LogP contribution in [0.4, 0.5) is 0 Å². The van der Waals surface area contributed by atoms with Crippen LogP contribution in [-0.2, 0) is 18.0 Å². The van der Waals surface area contributed by atoms with Gasteiger partial charge in [0.25, 0.3) is 0 Å². The zero-order chi connectivity index (χ0) is 46.7. The number of benzene rings is 6. The molecule has 0 atom stereocenters. The van der Waals surface area contributed by atoms with E-state index in [0.717, 1.165) is 88.3 Å². The van der Waals surface area contributed by atoms with Crippen LogP contribution in [0.2, 0.25) is 0 Å². The number of hydrogen-bond acceptors (Lipinski definition) is 7. The number of rotatable bonds is 15. The molecule has 0 unspecified atom stereocenters. The van der Waals surface area contributed by atoms with E-state index < -0.39 is 5.97 Å². The molecule has 12 heteroatoms. The summed E-state index contributed by atoms with van der Waals surface area (Å²) in [6.07, 6.45) is 0. The minimum absolute atomic E-state index is 0.241. The molecule has 336 valence electrons. The summed E-state index contributed by atoms with van der Waals surface area (Å²) >= 11 is 7.17. The molecule has 8 rings (SSSR count). The highest BCUT2D eigenvalue weighted by molar-refractivity contribution is 9.10. The van der Waals surface area contributed by atoms with Crippen molar-refractivity contribution in [3.8, 4) is 56.9 Å². The second-order valence-electron chi connectivity index (χ2n) is 15.1. The van der Waals surface area contributed by atoms with Crippen molar-refractivity contribution in [1.29, 1.82) is 0 Å². The molecule has 8 aromatic rings. The first-order valence-electron chi connectivity index (χ1n) is 21.1. The zero-order valence-corrected chi connectivity index (χ0v) is 40.3. The van der Waals surface area contributed by atoms with Gasteiger partial charge in [-0.1, -0.05) is 68.3 Å². The standard InChI is InChI=1S/C28H26BrNO4.C26H22BrNO4/c1-4-33-28(31)21-8-6-9-23(16-21)30-19(2)11-13-26(30)25-17-22(29)12-14-27(25)34-18-20-7-5-10-24(15-20)32-3;1-17-9-11-24(28(17)21-7-4-6-19(14-21)26(29)30)23-15-20(27)10-12-25(23)32-16-18-5-3-8-22(13-18)31-2/h5-17H,4,18H2,1-3H3;3-15H,16H2,1-2H3,(H,29,30). The lowest BCUT2D eigenvalue weighted by Crippen LogP contribution is -2.07. The molecule has 1 N–H and O–H groups in total. The van der Waals surface area contributed by atoms with Crippen LogP contribution in [0.25, 0.3) is 33.9 Å². The maximum atomic E-state index is 12.3. The van der Waals surface area contributed by atoms with Gasteiger partial charge in [0, 0.05) is 42.8 Å². The van der Waals surface area contributed by atoms with Gasteiger partial charge >= 0.3 is 11.9 Å². The molecule has 0 amide bonds. The molecule has 0 saturated heterocycles. The number of nitrogens with zero attached hydrogens (tertiary/aromatic N) is 2. The number of carboxylic acids is 1. The average Bonchev–Trinajstić information content (AvgIpc) is 3.92. The monoisotopic (exact) mass is 1010 g/mol. The van der Waals surface area contributed by atoms with E-state index in [1.165, 1.54) is 0 Å². The molecule has 0 fully saturated rings.